The largest absolute Gasteiger partial charge is 0.370 e. The molecule has 13 N–H and O–H groups in total. The van der Waals surface area contributed by atoms with Crippen LogP contribution in [0.5, 0.6) is 0 Å². The van der Waals surface area contributed by atoms with E-state index in [1.54, 1.807) is 12.4 Å². The molecule has 0 aliphatic rings. The van der Waals surface area contributed by atoms with Gasteiger partial charge in [-0.15, -0.1) is 0 Å². The van der Waals surface area contributed by atoms with Gasteiger partial charge in [0.15, 0.2) is 5.96 Å². The zero-order chi connectivity index (χ0) is 36.3. The molecule has 0 saturated heterocycles. The molecule has 51 heavy (non-hydrogen) atoms. The fraction of sp³-hybridized carbons (Fsp3) is 0.278. The van der Waals surface area contributed by atoms with Crippen LogP contribution in [0.4, 0.5) is 0 Å². The first-order valence-corrected chi connectivity index (χ1v) is 16.6. The number of fused-ring (bicyclic) bond motifs is 2. The molecule has 5 aromatic rings. The maximum atomic E-state index is 14.1. The third-order valence-electron chi connectivity index (χ3n) is 8.61. The minimum atomic E-state index is -1.14. The standard InChI is InChI=1S/C36H43N11O4/c37-27(17-24-19-41-20-44-24)33(49)47-31(15-22-9-5-8-21-7-1-2-10-25(21)22)35(51)45-29(13-6-14-42-36(39)40)34(50)46-30(32(38)48)16-23-18-43-28-12-4-3-11-26(23)28/h1-5,7-12,18-20,27,29-31,43H,6,13-17,37H2,(H2,38,48)(H,41,44)(H,45,51)(H,46,50)(H,47,49)(H4,39,40,42)/t27-,29-,30-,31+/m0/s1. The second-order valence-electron chi connectivity index (χ2n) is 12.3. The van der Waals surface area contributed by atoms with Crippen LogP contribution in [-0.2, 0) is 38.4 Å². The molecule has 2 heterocycles. The van der Waals surface area contributed by atoms with Gasteiger partial charge in [-0.25, -0.2) is 4.98 Å². The molecule has 3 aromatic carbocycles. The number of nitrogens with one attached hydrogen (secondary N) is 5. The predicted octanol–water partition coefficient (Wildman–Crippen LogP) is 0.393. The number of aliphatic imine (C=N–C) groups is 1. The van der Waals surface area contributed by atoms with Gasteiger partial charge < -0.3 is 48.9 Å². The molecule has 0 radical (unpaired) electrons. The summed E-state index contributed by atoms with van der Waals surface area (Å²) in [5.74, 6) is -2.68. The molecule has 2 aromatic heterocycles. The van der Waals surface area contributed by atoms with Gasteiger partial charge in [-0.2, -0.15) is 0 Å². The number of amides is 4. The van der Waals surface area contributed by atoms with E-state index in [9.17, 15) is 19.2 Å². The molecule has 0 saturated carbocycles. The van der Waals surface area contributed by atoms with E-state index in [0.29, 0.717) is 12.1 Å². The van der Waals surface area contributed by atoms with Crippen LogP contribution >= 0.6 is 0 Å². The summed E-state index contributed by atoms with van der Waals surface area (Å²) in [5, 5.41) is 11.1. The second kappa shape index (κ2) is 16.9. The van der Waals surface area contributed by atoms with E-state index in [2.05, 4.69) is 35.9 Å². The average Bonchev–Trinajstić information content (AvgIpc) is 3.78. The zero-order valence-corrected chi connectivity index (χ0v) is 28.0. The van der Waals surface area contributed by atoms with Gasteiger partial charge in [-0.1, -0.05) is 60.7 Å². The number of hydrogen-bond donors (Lipinski definition) is 9. The molecule has 0 fully saturated rings. The highest BCUT2D eigenvalue weighted by atomic mass is 16.2. The van der Waals surface area contributed by atoms with Crippen molar-refractivity contribution in [1.82, 2.24) is 30.9 Å². The van der Waals surface area contributed by atoms with Crippen molar-refractivity contribution in [2.45, 2.75) is 56.3 Å². The van der Waals surface area contributed by atoms with Gasteiger partial charge in [0.1, 0.15) is 18.1 Å². The molecule has 4 amide bonds. The highest BCUT2D eigenvalue weighted by Crippen LogP contribution is 2.21. The first kappa shape index (κ1) is 36.1. The van der Waals surface area contributed by atoms with Crippen LogP contribution in [0.25, 0.3) is 21.7 Å². The quantitative estimate of drug-likeness (QED) is 0.0373. The van der Waals surface area contributed by atoms with Gasteiger partial charge in [0.2, 0.25) is 23.6 Å². The number of primary amides is 1. The van der Waals surface area contributed by atoms with Gasteiger partial charge in [0.05, 0.1) is 12.4 Å². The lowest BCUT2D eigenvalue weighted by molar-refractivity contribution is -0.133. The third-order valence-corrected chi connectivity index (χ3v) is 8.61. The number of carbonyl (C=O) groups is 4. The molecule has 0 unspecified atom stereocenters. The van der Waals surface area contributed by atoms with E-state index in [-0.39, 0.29) is 38.2 Å². The number of para-hydroxylation sites is 1. The maximum absolute atomic E-state index is 14.1. The fourth-order valence-corrected chi connectivity index (χ4v) is 5.96. The van der Waals surface area contributed by atoms with Crippen molar-refractivity contribution in [1.29, 1.82) is 0 Å². The number of nitrogens with zero attached hydrogens (tertiary/aromatic N) is 2. The monoisotopic (exact) mass is 693 g/mol. The number of imidazole rings is 1. The fourth-order valence-electron chi connectivity index (χ4n) is 5.96. The van der Waals surface area contributed by atoms with Crippen molar-refractivity contribution in [2.24, 2.45) is 27.9 Å². The Kier molecular flexibility index (Phi) is 12.0. The lowest BCUT2D eigenvalue weighted by atomic mass is 9.97. The van der Waals surface area contributed by atoms with E-state index in [1.807, 2.05) is 66.7 Å². The summed E-state index contributed by atoms with van der Waals surface area (Å²) in [6.45, 7) is 0.190. The second-order valence-corrected chi connectivity index (χ2v) is 12.3. The summed E-state index contributed by atoms with van der Waals surface area (Å²) in [7, 11) is 0. The Morgan fingerprint density at radius 2 is 1.39 bits per heavy atom. The Morgan fingerprint density at radius 1 is 0.725 bits per heavy atom. The first-order valence-electron chi connectivity index (χ1n) is 16.6. The summed E-state index contributed by atoms with van der Waals surface area (Å²) >= 11 is 0. The van der Waals surface area contributed by atoms with Gasteiger partial charge >= 0.3 is 0 Å². The van der Waals surface area contributed by atoms with Crippen LogP contribution in [0.3, 0.4) is 0 Å². The number of aromatic nitrogens is 3. The number of benzene rings is 3. The highest BCUT2D eigenvalue weighted by molar-refractivity contribution is 5.96. The van der Waals surface area contributed by atoms with Crippen molar-refractivity contribution < 1.29 is 19.2 Å². The third kappa shape index (κ3) is 9.70. The molecule has 15 heteroatoms. The van der Waals surface area contributed by atoms with Gasteiger partial charge in [0, 0.05) is 54.8 Å². The summed E-state index contributed by atoms with van der Waals surface area (Å²) in [6.07, 6.45) is 5.62. The summed E-state index contributed by atoms with van der Waals surface area (Å²) in [5.41, 5.74) is 26.1. The lowest BCUT2D eigenvalue weighted by Crippen LogP contribution is -2.58. The molecule has 266 valence electrons. The van der Waals surface area contributed by atoms with Gasteiger partial charge in [-0.3, -0.25) is 24.2 Å². The number of nitrogens with two attached hydrogens (primary N) is 4. The topological polar surface area (TPSA) is 265 Å². The Bertz CT molecular complexity index is 2000. The molecular formula is C36H43N11O4. The van der Waals surface area contributed by atoms with Crippen LogP contribution in [-0.4, -0.2) is 75.3 Å². The van der Waals surface area contributed by atoms with Crippen LogP contribution in [0.1, 0.15) is 29.7 Å². The molecule has 0 spiro atoms. The number of rotatable bonds is 17. The van der Waals surface area contributed by atoms with E-state index >= 15 is 0 Å². The SMILES string of the molecule is NC(=O)[C@H](Cc1c[nH]c2ccccc12)NC(=O)[C@H](CCCN=C(N)N)NC(=O)[C@@H](Cc1cccc2ccccc12)NC(=O)[C@@H](N)Cc1cnc[nH]1. The smallest absolute Gasteiger partial charge is 0.243 e. The van der Waals surface area contributed by atoms with Crippen molar-refractivity contribution >= 4 is 51.3 Å². The van der Waals surface area contributed by atoms with E-state index < -0.39 is 47.8 Å². The van der Waals surface area contributed by atoms with Crippen molar-refractivity contribution in [3.05, 3.63) is 102 Å². The van der Waals surface area contributed by atoms with E-state index in [0.717, 1.165) is 32.8 Å². The summed E-state index contributed by atoms with van der Waals surface area (Å²) < 4.78 is 0. The Labute approximate surface area is 294 Å². The number of hydrogen-bond acceptors (Lipinski definition) is 7. The normalized spacial score (nSPS) is 13.5. The van der Waals surface area contributed by atoms with Crippen LogP contribution in [0.2, 0.25) is 0 Å². The minimum Gasteiger partial charge on any atom is -0.370 e. The zero-order valence-electron chi connectivity index (χ0n) is 28.0. The summed E-state index contributed by atoms with van der Waals surface area (Å²) in [4.78, 5) is 67.9. The lowest BCUT2D eigenvalue weighted by Gasteiger charge is -2.26. The number of aromatic amines is 2. The van der Waals surface area contributed by atoms with Crippen molar-refractivity contribution in [2.75, 3.05) is 6.54 Å². The molecule has 4 atom stereocenters. The van der Waals surface area contributed by atoms with Gasteiger partial charge in [0.25, 0.3) is 0 Å². The van der Waals surface area contributed by atoms with E-state index in [4.69, 9.17) is 22.9 Å². The summed E-state index contributed by atoms with van der Waals surface area (Å²) in [6, 6.07) is 16.6. The Morgan fingerprint density at radius 3 is 2.14 bits per heavy atom. The molecular weight excluding hydrogens is 650 g/mol. The predicted molar refractivity (Wildman–Crippen MR) is 195 cm³/mol. The number of guanidine groups is 1. The Balaban J connectivity index is 1.38. The highest BCUT2D eigenvalue weighted by Gasteiger charge is 2.31. The molecule has 0 aliphatic heterocycles. The van der Waals surface area contributed by atoms with Crippen molar-refractivity contribution in [3.8, 4) is 0 Å². The average molecular weight is 694 g/mol. The molecule has 5 rings (SSSR count). The van der Waals surface area contributed by atoms with Crippen molar-refractivity contribution in [3.63, 3.8) is 0 Å². The van der Waals surface area contributed by atoms with Crippen LogP contribution in [0.15, 0.2) is 90.4 Å². The van der Waals surface area contributed by atoms with Crippen LogP contribution in [0, 0.1) is 0 Å². The first-order chi connectivity index (χ1) is 24.6. The molecule has 0 bridgehead atoms. The Hall–Kier alpha value is -6.22. The van der Waals surface area contributed by atoms with Gasteiger partial charge in [-0.05, 0) is 40.8 Å². The number of carbonyl (C=O) groups excluding carboxylic acids is 4. The van der Waals surface area contributed by atoms with E-state index in [1.165, 1.54) is 6.33 Å². The molecule has 15 nitrogen and oxygen atoms in total. The minimum absolute atomic E-state index is 0.0997. The number of H-pyrrole nitrogens is 2. The van der Waals surface area contributed by atoms with Crippen LogP contribution < -0.4 is 38.9 Å². The maximum Gasteiger partial charge on any atom is 0.243 e. The molecule has 0 aliphatic carbocycles.